The van der Waals surface area contributed by atoms with E-state index in [1.807, 2.05) is 6.07 Å². The summed E-state index contributed by atoms with van der Waals surface area (Å²) in [5.74, 6) is -1.39. The van der Waals surface area contributed by atoms with Crippen LogP contribution in [0, 0.1) is 11.3 Å². The largest absolute Gasteiger partial charge is 0.481 e. The summed E-state index contributed by atoms with van der Waals surface area (Å²) < 4.78 is 5.58. The second-order valence-electron chi connectivity index (χ2n) is 5.13. The second kappa shape index (κ2) is 9.42. The van der Waals surface area contributed by atoms with Crippen molar-refractivity contribution in [3.05, 3.63) is 62.1 Å². The SMILES string of the molecule is N#C/C(=C\c1ccc(OCC(=O)O)c(Br)c1)C(=O)Nc1ccc(Cl)c(Cl)c1. The van der Waals surface area contributed by atoms with Crippen molar-refractivity contribution in [2.24, 2.45) is 0 Å². The molecule has 2 N–H and O–H groups in total. The van der Waals surface area contributed by atoms with Gasteiger partial charge in [0.1, 0.15) is 17.4 Å². The third-order valence-electron chi connectivity index (χ3n) is 3.16. The van der Waals surface area contributed by atoms with E-state index in [-0.39, 0.29) is 10.6 Å². The van der Waals surface area contributed by atoms with Gasteiger partial charge in [0, 0.05) is 5.69 Å². The Morgan fingerprint density at radius 3 is 2.56 bits per heavy atom. The molecule has 0 saturated heterocycles. The molecule has 0 atom stereocenters. The van der Waals surface area contributed by atoms with E-state index in [0.717, 1.165) is 0 Å². The van der Waals surface area contributed by atoms with Gasteiger partial charge < -0.3 is 15.2 Å². The van der Waals surface area contributed by atoms with Crippen LogP contribution in [0.1, 0.15) is 5.56 Å². The number of carboxylic acid groups (broad SMARTS) is 1. The number of nitrogens with one attached hydrogen (secondary N) is 1. The maximum atomic E-state index is 12.3. The molecule has 0 aliphatic carbocycles. The van der Waals surface area contributed by atoms with Crippen molar-refractivity contribution in [1.82, 2.24) is 0 Å². The molecule has 0 unspecified atom stereocenters. The highest BCUT2D eigenvalue weighted by Gasteiger charge is 2.11. The summed E-state index contributed by atoms with van der Waals surface area (Å²) >= 11 is 15.0. The molecule has 6 nitrogen and oxygen atoms in total. The monoisotopic (exact) mass is 468 g/mol. The molecule has 0 saturated carbocycles. The topological polar surface area (TPSA) is 99.4 Å². The number of benzene rings is 2. The van der Waals surface area contributed by atoms with Crippen LogP contribution >= 0.6 is 39.1 Å². The fraction of sp³-hybridized carbons (Fsp3) is 0.0556. The molecule has 138 valence electrons. The Hall–Kier alpha value is -2.53. The lowest BCUT2D eigenvalue weighted by Crippen LogP contribution is -2.13. The molecule has 0 heterocycles. The lowest BCUT2D eigenvalue weighted by atomic mass is 10.1. The Kier molecular flexibility index (Phi) is 7.25. The molecule has 27 heavy (non-hydrogen) atoms. The standard InChI is InChI=1S/C18H11BrCl2N2O4/c19-13-6-10(1-4-16(13)27-9-17(24)25)5-11(8-22)18(26)23-12-2-3-14(20)15(21)7-12/h1-7H,9H2,(H,23,26)(H,24,25)/b11-5+. The van der Waals surface area contributed by atoms with Crippen molar-refractivity contribution in [2.75, 3.05) is 11.9 Å². The number of ether oxygens (including phenoxy) is 1. The van der Waals surface area contributed by atoms with Gasteiger partial charge in [-0.2, -0.15) is 5.26 Å². The van der Waals surface area contributed by atoms with Crippen LogP contribution in [0.3, 0.4) is 0 Å². The fourth-order valence-corrected chi connectivity index (χ4v) is 2.76. The highest BCUT2D eigenvalue weighted by Crippen LogP contribution is 2.28. The van der Waals surface area contributed by atoms with E-state index in [2.05, 4.69) is 21.2 Å². The molecule has 1 amide bonds. The van der Waals surface area contributed by atoms with Crippen molar-refractivity contribution >= 4 is 62.8 Å². The first-order valence-corrected chi connectivity index (χ1v) is 8.87. The van der Waals surface area contributed by atoms with Gasteiger partial charge in [-0.3, -0.25) is 4.79 Å². The third-order valence-corrected chi connectivity index (χ3v) is 4.52. The Morgan fingerprint density at radius 2 is 1.96 bits per heavy atom. The number of anilines is 1. The third kappa shape index (κ3) is 6.00. The molecule has 9 heteroatoms. The van der Waals surface area contributed by atoms with E-state index in [9.17, 15) is 14.9 Å². The number of halogens is 3. The van der Waals surface area contributed by atoms with Crippen molar-refractivity contribution < 1.29 is 19.4 Å². The molecular formula is C18H11BrCl2N2O4. The molecule has 0 radical (unpaired) electrons. The maximum Gasteiger partial charge on any atom is 0.341 e. The minimum absolute atomic E-state index is 0.132. The van der Waals surface area contributed by atoms with Crippen molar-refractivity contribution in [3.8, 4) is 11.8 Å². The van der Waals surface area contributed by atoms with Crippen LogP contribution in [0.15, 0.2) is 46.4 Å². The Labute approximate surface area is 173 Å². The quantitative estimate of drug-likeness (QED) is 0.469. The lowest BCUT2D eigenvalue weighted by Gasteiger charge is -2.07. The smallest absolute Gasteiger partial charge is 0.341 e. The highest BCUT2D eigenvalue weighted by molar-refractivity contribution is 9.10. The zero-order valence-electron chi connectivity index (χ0n) is 13.5. The summed E-state index contributed by atoms with van der Waals surface area (Å²) in [6.07, 6.45) is 1.39. The zero-order chi connectivity index (χ0) is 20.0. The summed E-state index contributed by atoms with van der Waals surface area (Å²) in [7, 11) is 0. The van der Waals surface area contributed by atoms with Gasteiger partial charge in [0.2, 0.25) is 0 Å². The molecule has 0 aliphatic heterocycles. The minimum Gasteiger partial charge on any atom is -0.481 e. The highest BCUT2D eigenvalue weighted by atomic mass is 79.9. The summed E-state index contributed by atoms with van der Waals surface area (Å²) in [4.78, 5) is 22.8. The number of aliphatic carboxylic acids is 1. The molecule has 2 aromatic rings. The number of nitrogens with zero attached hydrogens (tertiary/aromatic N) is 1. The van der Waals surface area contributed by atoms with E-state index in [4.69, 9.17) is 33.0 Å². The number of carboxylic acids is 1. The van der Waals surface area contributed by atoms with Gasteiger partial charge in [0.15, 0.2) is 6.61 Å². The summed E-state index contributed by atoms with van der Waals surface area (Å²) in [6, 6.07) is 11.1. The number of hydrogen-bond donors (Lipinski definition) is 2. The van der Waals surface area contributed by atoms with E-state index < -0.39 is 18.5 Å². The van der Waals surface area contributed by atoms with Crippen molar-refractivity contribution in [3.63, 3.8) is 0 Å². The van der Waals surface area contributed by atoms with Crippen LogP contribution in [0.2, 0.25) is 10.0 Å². The number of carbonyl (C=O) groups is 2. The number of rotatable bonds is 6. The first kappa shape index (κ1) is 20.8. The lowest BCUT2D eigenvalue weighted by molar-refractivity contribution is -0.139. The molecule has 0 spiro atoms. The van der Waals surface area contributed by atoms with Gasteiger partial charge in [-0.1, -0.05) is 29.3 Å². The van der Waals surface area contributed by atoms with Gasteiger partial charge >= 0.3 is 5.97 Å². The van der Waals surface area contributed by atoms with Gasteiger partial charge in [0.05, 0.1) is 14.5 Å². The van der Waals surface area contributed by atoms with Crippen LogP contribution in [0.4, 0.5) is 5.69 Å². The molecule has 0 aromatic heterocycles. The van der Waals surface area contributed by atoms with Gasteiger partial charge in [-0.25, -0.2) is 4.79 Å². The van der Waals surface area contributed by atoms with Gasteiger partial charge in [-0.15, -0.1) is 0 Å². The Morgan fingerprint density at radius 1 is 1.22 bits per heavy atom. The van der Waals surface area contributed by atoms with Crippen molar-refractivity contribution in [1.29, 1.82) is 5.26 Å². The molecule has 0 fully saturated rings. The average Bonchev–Trinajstić information content (AvgIpc) is 2.61. The number of amides is 1. The second-order valence-corrected chi connectivity index (χ2v) is 6.79. The average molecular weight is 470 g/mol. The van der Waals surface area contributed by atoms with Crippen LogP contribution in [-0.4, -0.2) is 23.6 Å². The molecule has 0 aliphatic rings. The molecular weight excluding hydrogens is 459 g/mol. The van der Waals surface area contributed by atoms with E-state index in [0.29, 0.717) is 26.5 Å². The number of carbonyl (C=O) groups excluding carboxylic acids is 1. The number of nitriles is 1. The molecule has 0 bridgehead atoms. The first-order valence-electron chi connectivity index (χ1n) is 7.32. The molecule has 2 rings (SSSR count). The van der Waals surface area contributed by atoms with E-state index in [1.165, 1.54) is 24.3 Å². The predicted octanol–water partition coefficient (Wildman–Crippen LogP) is 4.76. The predicted molar refractivity (Wildman–Crippen MR) is 106 cm³/mol. The zero-order valence-corrected chi connectivity index (χ0v) is 16.6. The summed E-state index contributed by atoms with van der Waals surface area (Å²) in [5.41, 5.74) is 0.812. The number of hydrogen-bond acceptors (Lipinski definition) is 4. The van der Waals surface area contributed by atoms with E-state index in [1.54, 1.807) is 18.2 Å². The van der Waals surface area contributed by atoms with Crippen LogP contribution < -0.4 is 10.1 Å². The minimum atomic E-state index is -1.10. The first-order chi connectivity index (χ1) is 12.8. The van der Waals surface area contributed by atoms with E-state index >= 15 is 0 Å². The Bertz CT molecular complexity index is 970. The summed E-state index contributed by atoms with van der Waals surface area (Å²) in [6.45, 7) is -0.483. The van der Waals surface area contributed by atoms with Crippen molar-refractivity contribution in [2.45, 2.75) is 0 Å². The fourth-order valence-electron chi connectivity index (χ4n) is 1.95. The van der Waals surface area contributed by atoms with Crippen LogP contribution in [0.25, 0.3) is 6.08 Å². The normalized spacial score (nSPS) is 10.8. The molecule has 2 aromatic carbocycles. The van der Waals surface area contributed by atoms with Gasteiger partial charge in [0.25, 0.3) is 5.91 Å². The van der Waals surface area contributed by atoms with Gasteiger partial charge in [-0.05, 0) is 57.9 Å². The Balaban J connectivity index is 2.18. The maximum absolute atomic E-state index is 12.3. The van der Waals surface area contributed by atoms with Crippen LogP contribution in [-0.2, 0) is 9.59 Å². The van der Waals surface area contributed by atoms with Crippen LogP contribution in [0.5, 0.6) is 5.75 Å². The summed E-state index contributed by atoms with van der Waals surface area (Å²) in [5, 5.41) is 21.1.